The van der Waals surface area contributed by atoms with Crippen molar-refractivity contribution in [3.8, 4) is 0 Å². The van der Waals surface area contributed by atoms with Crippen LogP contribution in [0.5, 0.6) is 0 Å². The van der Waals surface area contributed by atoms with Gasteiger partial charge in [0.15, 0.2) is 9.84 Å². The van der Waals surface area contributed by atoms with Crippen molar-refractivity contribution in [1.29, 1.82) is 0 Å². The van der Waals surface area contributed by atoms with Gasteiger partial charge in [-0.05, 0) is 31.2 Å². The molecule has 4 nitrogen and oxygen atoms in total. The fourth-order valence-corrected chi connectivity index (χ4v) is 4.47. The van der Waals surface area contributed by atoms with E-state index in [1.807, 2.05) is 12.1 Å². The van der Waals surface area contributed by atoms with Gasteiger partial charge in [0.1, 0.15) is 0 Å². The number of hydrogen-bond acceptors (Lipinski definition) is 4. The van der Waals surface area contributed by atoms with Gasteiger partial charge in [0.2, 0.25) is 0 Å². The van der Waals surface area contributed by atoms with Gasteiger partial charge >= 0.3 is 0 Å². The summed E-state index contributed by atoms with van der Waals surface area (Å²) in [7, 11) is -3.20. The molecule has 1 saturated heterocycles. The lowest BCUT2D eigenvalue weighted by Gasteiger charge is -2.41. The van der Waals surface area contributed by atoms with E-state index in [1.54, 1.807) is 24.3 Å². The molecular weight excluding hydrogens is 320 g/mol. The van der Waals surface area contributed by atoms with Gasteiger partial charge in [0.25, 0.3) is 0 Å². The van der Waals surface area contributed by atoms with E-state index in [2.05, 4.69) is 41.0 Å². The third kappa shape index (κ3) is 3.97. The molecule has 1 unspecified atom stereocenters. The van der Waals surface area contributed by atoms with Gasteiger partial charge in [-0.2, -0.15) is 0 Å². The van der Waals surface area contributed by atoms with E-state index in [9.17, 15) is 8.42 Å². The average Bonchev–Trinajstić information content (AvgIpc) is 2.62. The first-order chi connectivity index (χ1) is 11.6. The van der Waals surface area contributed by atoms with Crippen molar-refractivity contribution in [3.05, 3.63) is 60.7 Å². The fourth-order valence-electron chi connectivity index (χ4n) is 3.18. The van der Waals surface area contributed by atoms with Crippen LogP contribution < -0.4 is 4.90 Å². The second-order valence-corrected chi connectivity index (χ2v) is 8.41. The Kier molecular flexibility index (Phi) is 5.21. The molecule has 3 rings (SSSR count). The van der Waals surface area contributed by atoms with E-state index in [4.69, 9.17) is 0 Å². The quantitative estimate of drug-likeness (QED) is 0.836. The van der Waals surface area contributed by atoms with Gasteiger partial charge in [0, 0.05) is 37.9 Å². The van der Waals surface area contributed by atoms with Gasteiger partial charge in [-0.1, -0.05) is 36.4 Å². The Morgan fingerprint density at radius 1 is 0.958 bits per heavy atom. The molecule has 1 aliphatic rings. The molecule has 2 aromatic carbocycles. The molecule has 1 heterocycles. The number of nitrogens with zero attached hydrogens (tertiary/aromatic N) is 2. The Morgan fingerprint density at radius 2 is 1.58 bits per heavy atom. The zero-order chi connectivity index (χ0) is 17.0. The zero-order valence-corrected chi connectivity index (χ0v) is 14.8. The van der Waals surface area contributed by atoms with Crippen molar-refractivity contribution < 1.29 is 8.42 Å². The van der Waals surface area contributed by atoms with Crippen LogP contribution >= 0.6 is 0 Å². The molecule has 1 fully saturated rings. The first kappa shape index (κ1) is 17.0. The zero-order valence-electron chi connectivity index (χ0n) is 14.0. The van der Waals surface area contributed by atoms with Crippen molar-refractivity contribution in [2.45, 2.75) is 17.9 Å². The molecule has 0 N–H and O–H groups in total. The highest BCUT2D eigenvalue weighted by molar-refractivity contribution is 7.91. The summed E-state index contributed by atoms with van der Waals surface area (Å²) in [5, 5.41) is 0. The average molecular weight is 344 g/mol. The number of sulfone groups is 1. The van der Waals surface area contributed by atoms with E-state index in [1.165, 1.54) is 5.69 Å². The van der Waals surface area contributed by atoms with Crippen LogP contribution in [0.25, 0.3) is 0 Å². The van der Waals surface area contributed by atoms with Crippen molar-refractivity contribution in [2.24, 2.45) is 0 Å². The molecule has 0 saturated carbocycles. The van der Waals surface area contributed by atoms with Crippen LogP contribution in [0.1, 0.15) is 6.92 Å². The Balaban J connectivity index is 1.58. The molecule has 0 aromatic heterocycles. The predicted octanol–water partition coefficient (Wildman–Crippen LogP) is 2.67. The van der Waals surface area contributed by atoms with Crippen molar-refractivity contribution in [3.63, 3.8) is 0 Å². The maximum absolute atomic E-state index is 12.4. The lowest BCUT2D eigenvalue weighted by atomic mass is 10.1. The Bertz CT molecular complexity index is 747. The van der Waals surface area contributed by atoms with Gasteiger partial charge in [-0.25, -0.2) is 8.42 Å². The number of rotatable bonds is 5. The molecule has 0 radical (unpaired) electrons. The summed E-state index contributed by atoms with van der Waals surface area (Å²) in [6.45, 7) is 5.50. The van der Waals surface area contributed by atoms with Crippen molar-refractivity contribution in [1.82, 2.24) is 4.90 Å². The summed E-state index contributed by atoms with van der Waals surface area (Å²) >= 11 is 0. The molecule has 24 heavy (non-hydrogen) atoms. The monoisotopic (exact) mass is 344 g/mol. The van der Waals surface area contributed by atoms with Gasteiger partial charge in [0.05, 0.1) is 10.6 Å². The topological polar surface area (TPSA) is 40.6 Å². The molecule has 1 atom stereocenters. The van der Waals surface area contributed by atoms with Crippen molar-refractivity contribution in [2.75, 3.05) is 36.8 Å². The number of benzene rings is 2. The summed E-state index contributed by atoms with van der Waals surface area (Å²) in [5.41, 5.74) is 1.24. The molecule has 0 bridgehead atoms. The summed E-state index contributed by atoms with van der Waals surface area (Å²) in [6.07, 6.45) is 0. The van der Waals surface area contributed by atoms with Crippen LogP contribution in [0, 0.1) is 0 Å². The van der Waals surface area contributed by atoms with Crippen LogP contribution in [0.4, 0.5) is 5.69 Å². The van der Waals surface area contributed by atoms with Crippen LogP contribution in [0.2, 0.25) is 0 Å². The van der Waals surface area contributed by atoms with Crippen LogP contribution in [0.3, 0.4) is 0 Å². The van der Waals surface area contributed by atoms with Gasteiger partial charge in [-0.3, -0.25) is 4.90 Å². The van der Waals surface area contributed by atoms with Crippen LogP contribution in [0.15, 0.2) is 65.6 Å². The minimum absolute atomic E-state index is 0.173. The third-order valence-electron chi connectivity index (χ3n) is 4.64. The second kappa shape index (κ2) is 7.36. The van der Waals surface area contributed by atoms with E-state index in [-0.39, 0.29) is 5.75 Å². The number of hydrogen-bond donors (Lipinski definition) is 0. The Labute approximate surface area is 144 Å². The number of para-hydroxylation sites is 1. The maximum atomic E-state index is 12.4. The molecule has 5 heteroatoms. The summed E-state index contributed by atoms with van der Waals surface area (Å²) in [6, 6.07) is 19.5. The van der Waals surface area contributed by atoms with Crippen LogP contribution in [-0.4, -0.2) is 51.3 Å². The highest BCUT2D eigenvalue weighted by atomic mass is 32.2. The molecule has 0 amide bonds. The number of anilines is 1. The Hall–Kier alpha value is -1.85. The molecule has 0 spiro atoms. The molecule has 128 valence electrons. The molecular formula is C19H24N2O2S. The first-order valence-corrected chi connectivity index (χ1v) is 10.0. The van der Waals surface area contributed by atoms with E-state index in [0.29, 0.717) is 17.5 Å². The van der Waals surface area contributed by atoms with Crippen LogP contribution in [-0.2, 0) is 9.84 Å². The highest BCUT2D eigenvalue weighted by Gasteiger charge is 2.25. The summed E-state index contributed by atoms with van der Waals surface area (Å²) in [4.78, 5) is 5.06. The molecule has 0 aliphatic carbocycles. The lowest BCUT2D eigenvalue weighted by molar-refractivity contribution is 0.200. The van der Waals surface area contributed by atoms with Gasteiger partial charge in [-0.15, -0.1) is 0 Å². The first-order valence-electron chi connectivity index (χ1n) is 8.38. The van der Waals surface area contributed by atoms with Gasteiger partial charge < -0.3 is 4.90 Å². The fraction of sp³-hybridized carbons (Fsp3) is 0.368. The summed E-state index contributed by atoms with van der Waals surface area (Å²) in [5.74, 6) is 0.173. The number of piperazine rings is 1. The third-order valence-corrected chi connectivity index (χ3v) is 6.35. The normalized spacial score (nSPS) is 19.4. The smallest absolute Gasteiger partial charge is 0.179 e. The standard InChI is InChI=1S/C19H24N2O2S/c1-17-16-21(18-8-4-2-5-9-18)13-12-20(17)14-15-24(22,23)19-10-6-3-7-11-19/h2-11,17H,12-16H2,1H3. The SMILES string of the molecule is CC1CN(c2ccccc2)CCN1CCS(=O)(=O)c1ccccc1. The second-order valence-electron chi connectivity index (χ2n) is 6.30. The highest BCUT2D eigenvalue weighted by Crippen LogP contribution is 2.19. The minimum Gasteiger partial charge on any atom is -0.369 e. The van der Waals surface area contributed by atoms with E-state index in [0.717, 1.165) is 19.6 Å². The van der Waals surface area contributed by atoms with E-state index >= 15 is 0 Å². The predicted molar refractivity (Wildman–Crippen MR) is 98.2 cm³/mol. The lowest BCUT2D eigenvalue weighted by Crippen LogP contribution is -2.53. The van der Waals surface area contributed by atoms with Crippen molar-refractivity contribution >= 4 is 15.5 Å². The largest absolute Gasteiger partial charge is 0.369 e. The molecule has 1 aliphatic heterocycles. The summed E-state index contributed by atoms with van der Waals surface area (Å²) < 4.78 is 24.9. The minimum atomic E-state index is -3.20. The maximum Gasteiger partial charge on any atom is 0.179 e. The Morgan fingerprint density at radius 3 is 2.21 bits per heavy atom. The molecule has 2 aromatic rings. The van der Waals surface area contributed by atoms with E-state index < -0.39 is 9.84 Å².